The van der Waals surface area contributed by atoms with Crippen molar-refractivity contribution in [2.45, 2.75) is 33.1 Å². The van der Waals surface area contributed by atoms with Crippen molar-refractivity contribution in [3.63, 3.8) is 0 Å². The molecule has 110 valence electrons. The van der Waals surface area contributed by atoms with Crippen molar-refractivity contribution in [2.24, 2.45) is 5.41 Å². The van der Waals surface area contributed by atoms with Gasteiger partial charge in [0, 0.05) is 24.2 Å². The number of aryl methyl sites for hydroxylation is 1. The minimum atomic E-state index is 0.310. The third-order valence-electron chi connectivity index (χ3n) is 4.69. The molecule has 1 atom stereocenters. The lowest BCUT2D eigenvalue weighted by atomic mass is 9.91. The second kappa shape index (κ2) is 5.65. The van der Waals surface area contributed by atoms with Crippen molar-refractivity contribution in [3.8, 4) is 5.75 Å². The highest BCUT2D eigenvalue weighted by Crippen LogP contribution is 2.32. The number of anilines is 1. The van der Waals surface area contributed by atoms with Gasteiger partial charge in [0.15, 0.2) is 0 Å². The lowest BCUT2D eigenvalue weighted by Crippen LogP contribution is -2.29. The average molecular weight is 274 g/mol. The van der Waals surface area contributed by atoms with Crippen LogP contribution in [0.1, 0.15) is 32.3 Å². The van der Waals surface area contributed by atoms with Gasteiger partial charge in [-0.2, -0.15) is 0 Å². The number of hydrogen-bond donors (Lipinski definition) is 1. The van der Waals surface area contributed by atoms with Crippen molar-refractivity contribution in [3.05, 3.63) is 23.8 Å². The fourth-order valence-electron chi connectivity index (χ4n) is 3.31. The molecule has 1 aromatic carbocycles. The van der Waals surface area contributed by atoms with Gasteiger partial charge < -0.3 is 15.0 Å². The van der Waals surface area contributed by atoms with Crippen LogP contribution in [0.4, 0.5) is 5.69 Å². The highest BCUT2D eigenvalue weighted by atomic mass is 16.5. The maximum atomic E-state index is 6.10. The second-order valence-electron chi connectivity index (χ2n) is 6.57. The molecule has 1 saturated heterocycles. The van der Waals surface area contributed by atoms with E-state index in [-0.39, 0.29) is 0 Å². The Hall–Kier alpha value is -1.22. The second-order valence-corrected chi connectivity index (χ2v) is 6.57. The van der Waals surface area contributed by atoms with Crippen LogP contribution in [0.2, 0.25) is 0 Å². The first-order valence-corrected chi connectivity index (χ1v) is 7.90. The van der Waals surface area contributed by atoms with E-state index in [2.05, 4.69) is 42.3 Å². The highest BCUT2D eigenvalue weighted by Gasteiger charge is 2.33. The summed E-state index contributed by atoms with van der Waals surface area (Å²) in [6, 6.07) is 6.49. The van der Waals surface area contributed by atoms with Crippen LogP contribution in [0.15, 0.2) is 18.2 Å². The first-order chi connectivity index (χ1) is 9.68. The summed E-state index contributed by atoms with van der Waals surface area (Å²) in [5.41, 5.74) is 3.00. The summed E-state index contributed by atoms with van der Waals surface area (Å²) in [4.78, 5) is 2.51. The van der Waals surface area contributed by atoms with Gasteiger partial charge in [-0.25, -0.2) is 0 Å². The minimum Gasteiger partial charge on any atom is -0.493 e. The van der Waals surface area contributed by atoms with E-state index in [0.717, 1.165) is 32.0 Å². The third-order valence-corrected chi connectivity index (χ3v) is 4.69. The van der Waals surface area contributed by atoms with Crippen LogP contribution in [0.5, 0.6) is 5.75 Å². The molecule has 20 heavy (non-hydrogen) atoms. The van der Waals surface area contributed by atoms with E-state index in [9.17, 15) is 0 Å². The summed E-state index contributed by atoms with van der Waals surface area (Å²) in [7, 11) is 0. The van der Waals surface area contributed by atoms with Gasteiger partial charge in [-0.1, -0.05) is 13.8 Å². The van der Waals surface area contributed by atoms with Gasteiger partial charge in [0.1, 0.15) is 5.75 Å². The molecule has 0 aliphatic carbocycles. The van der Waals surface area contributed by atoms with Crippen molar-refractivity contribution in [1.82, 2.24) is 4.90 Å². The molecule has 0 spiro atoms. The van der Waals surface area contributed by atoms with Gasteiger partial charge in [0.2, 0.25) is 0 Å². The van der Waals surface area contributed by atoms with Crippen molar-refractivity contribution in [2.75, 3.05) is 38.1 Å². The number of rotatable bonds is 4. The van der Waals surface area contributed by atoms with Gasteiger partial charge in [-0.3, -0.25) is 0 Å². The van der Waals surface area contributed by atoms with Crippen LogP contribution >= 0.6 is 0 Å². The van der Waals surface area contributed by atoms with Gasteiger partial charge in [0.05, 0.1) is 6.61 Å². The van der Waals surface area contributed by atoms with Crippen LogP contribution in [-0.2, 0) is 6.42 Å². The zero-order chi connectivity index (χ0) is 14.0. The lowest BCUT2D eigenvalue weighted by Gasteiger charge is -2.25. The molecule has 0 aromatic heterocycles. The fourth-order valence-corrected chi connectivity index (χ4v) is 3.31. The Morgan fingerprint density at radius 3 is 3.10 bits per heavy atom. The van der Waals surface area contributed by atoms with E-state index in [0.29, 0.717) is 5.41 Å². The van der Waals surface area contributed by atoms with Gasteiger partial charge in [-0.15, -0.1) is 0 Å². The molecule has 3 heteroatoms. The summed E-state index contributed by atoms with van der Waals surface area (Å²) in [6.07, 6.45) is 3.63. The average Bonchev–Trinajstić information content (AvgIpc) is 2.87. The van der Waals surface area contributed by atoms with E-state index in [1.807, 2.05) is 0 Å². The molecule has 2 heterocycles. The number of hydrogen-bond acceptors (Lipinski definition) is 3. The normalized spacial score (nSPS) is 26.1. The predicted octanol–water partition coefficient (Wildman–Crippen LogP) is 3.16. The maximum Gasteiger partial charge on any atom is 0.119 e. The third kappa shape index (κ3) is 2.93. The molecule has 0 amide bonds. The molecule has 2 aliphatic rings. The topological polar surface area (TPSA) is 24.5 Å². The van der Waals surface area contributed by atoms with Gasteiger partial charge in [-0.05, 0) is 56.1 Å². The van der Waals surface area contributed by atoms with Crippen molar-refractivity contribution >= 4 is 5.69 Å². The van der Waals surface area contributed by atoms with E-state index < -0.39 is 0 Å². The van der Waals surface area contributed by atoms with Crippen molar-refractivity contribution < 1.29 is 4.74 Å². The Morgan fingerprint density at radius 1 is 1.40 bits per heavy atom. The predicted molar refractivity (Wildman–Crippen MR) is 83.6 cm³/mol. The van der Waals surface area contributed by atoms with Crippen LogP contribution in [0.3, 0.4) is 0 Å². The number of ether oxygens (including phenoxy) is 1. The van der Waals surface area contributed by atoms with E-state index in [1.165, 1.54) is 37.1 Å². The molecule has 2 aliphatic heterocycles. The number of nitrogens with zero attached hydrogens (tertiary/aromatic N) is 1. The lowest BCUT2D eigenvalue weighted by molar-refractivity contribution is 0.164. The minimum absolute atomic E-state index is 0.310. The zero-order valence-electron chi connectivity index (χ0n) is 12.7. The van der Waals surface area contributed by atoms with Crippen LogP contribution in [0, 0.1) is 5.41 Å². The molecule has 1 aromatic rings. The molecular formula is C17H26N2O. The monoisotopic (exact) mass is 274 g/mol. The summed E-state index contributed by atoms with van der Waals surface area (Å²) >= 11 is 0. The fraction of sp³-hybridized carbons (Fsp3) is 0.647. The first-order valence-electron chi connectivity index (χ1n) is 7.90. The number of fused-ring (bicyclic) bond motifs is 1. The van der Waals surface area contributed by atoms with Crippen LogP contribution in [-0.4, -0.2) is 37.7 Å². The molecule has 0 bridgehead atoms. The first kappa shape index (κ1) is 13.7. The molecular weight excluding hydrogens is 248 g/mol. The Morgan fingerprint density at radius 2 is 2.30 bits per heavy atom. The highest BCUT2D eigenvalue weighted by molar-refractivity contribution is 5.55. The Bertz CT molecular complexity index is 474. The molecule has 1 unspecified atom stereocenters. The summed E-state index contributed by atoms with van der Waals surface area (Å²) in [5, 5.41) is 3.45. The van der Waals surface area contributed by atoms with E-state index >= 15 is 0 Å². The molecule has 3 rings (SSSR count). The number of benzene rings is 1. The van der Waals surface area contributed by atoms with Crippen LogP contribution in [0.25, 0.3) is 0 Å². The largest absolute Gasteiger partial charge is 0.493 e. The smallest absolute Gasteiger partial charge is 0.119 e. The number of likely N-dealkylation sites (tertiary alicyclic amines) is 1. The zero-order valence-corrected chi connectivity index (χ0v) is 12.7. The quantitative estimate of drug-likeness (QED) is 0.913. The Kier molecular flexibility index (Phi) is 3.88. The van der Waals surface area contributed by atoms with Crippen LogP contribution < -0.4 is 10.1 Å². The van der Waals surface area contributed by atoms with Gasteiger partial charge in [0.25, 0.3) is 0 Å². The van der Waals surface area contributed by atoms with E-state index in [4.69, 9.17) is 4.74 Å². The molecule has 0 radical (unpaired) electrons. The summed E-state index contributed by atoms with van der Waals surface area (Å²) in [6.45, 7) is 10.0. The Labute approximate surface area is 122 Å². The summed E-state index contributed by atoms with van der Waals surface area (Å²) < 4.78 is 6.10. The number of nitrogens with one attached hydrogen (secondary N) is 1. The Balaban J connectivity index is 1.61. The summed E-state index contributed by atoms with van der Waals surface area (Å²) in [5.74, 6) is 1.03. The van der Waals surface area contributed by atoms with Crippen molar-refractivity contribution in [1.29, 1.82) is 0 Å². The SMILES string of the molecule is CCN1CCC(C)(COc2ccc3c(c2)CCCN3)C1. The van der Waals surface area contributed by atoms with E-state index in [1.54, 1.807) is 0 Å². The molecule has 1 fully saturated rings. The molecule has 1 N–H and O–H groups in total. The standard InChI is InChI=1S/C17H26N2O/c1-3-19-10-8-17(2,12-19)13-20-15-6-7-16-14(11-15)5-4-9-18-16/h6-7,11,18H,3-5,8-10,12-13H2,1-2H3. The van der Waals surface area contributed by atoms with Gasteiger partial charge >= 0.3 is 0 Å². The molecule has 3 nitrogen and oxygen atoms in total. The molecule has 0 saturated carbocycles. The maximum absolute atomic E-state index is 6.10.